The van der Waals surface area contributed by atoms with Crippen molar-refractivity contribution in [2.24, 2.45) is 0 Å². The minimum Gasteiger partial charge on any atom is -0.317 e. The first-order valence-electron chi connectivity index (χ1n) is 6.66. The zero-order valence-corrected chi connectivity index (χ0v) is 12.8. The Morgan fingerprint density at radius 1 is 1.21 bits per heavy atom. The Labute approximate surface area is 116 Å². The van der Waals surface area contributed by atoms with Crippen LogP contribution in [0.15, 0.2) is 24.3 Å². The lowest BCUT2D eigenvalue weighted by Gasteiger charge is -2.17. The second-order valence-electron chi connectivity index (χ2n) is 4.76. The van der Waals surface area contributed by atoms with Crippen LogP contribution in [0.1, 0.15) is 24.5 Å². The second kappa shape index (κ2) is 7.62. The van der Waals surface area contributed by atoms with Gasteiger partial charge in [0.25, 0.3) is 0 Å². The zero-order chi connectivity index (χ0) is 14.3. The lowest BCUT2D eigenvalue weighted by Crippen LogP contribution is -2.30. The van der Waals surface area contributed by atoms with E-state index in [0.29, 0.717) is 13.0 Å². The van der Waals surface area contributed by atoms with Gasteiger partial charge >= 0.3 is 0 Å². The summed E-state index contributed by atoms with van der Waals surface area (Å²) in [7, 11) is -1.51. The first-order valence-corrected chi connectivity index (χ1v) is 8.27. The van der Waals surface area contributed by atoms with Gasteiger partial charge in [0.1, 0.15) is 0 Å². The molecule has 1 aromatic carbocycles. The van der Waals surface area contributed by atoms with Gasteiger partial charge in [-0.05, 0) is 32.0 Å². The van der Waals surface area contributed by atoms with Crippen molar-refractivity contribution in [2.45, 2.75) is 26.8 Å². The number of sulfonamides is 1. The monoisotopic (exact) mass is 284 g/mol. The maximum atomic E-state index is 12.1. The molecule has 5 heteroatoms. The molecule has 0 aliphatic carbocycles. The van der Waals surface area contributed by atoms with Crippen LogP contribution >= 0.6 is 0 Å². The minimum atomic E-state index is -3.16. The molecule has 0 aliphatic rings. The number of nitrogens with zero attached hydrogens (tertiary/aromatic N) is 1. The molecule has 0 amide bonds. The molecule has 0 spiro atoms. The Bertz CT molecular complexity index is 469. The maximum absolute atomic E-state index is 12.1. The van der Waals surface area contributed by atoms with Gasteiger partial charge in [-0.25, -0.2) is 12.7 Å². The lowest BCUT2D eigenvalue weighted by atomic mass is 10.1. The van der Waals surface area contributed by atoms with E-state index in [4.69, 9.17) is 0 Å². The maximum Gasteiger partial charge on any atom is 0.214 e. The molecule has 0 bridgehead atoms. The van der Waals surface area contributed by atoms with E-state index in [9.17, 15) is 8.42 Å². The lowest BCUT2D eigenvalue weighted by molar-refractivity contribution is 0.464. The average molecular weight is 284 g/mol. The van der Waals surface area contributed by atoms with Crippen LogP contribution in [0, 0.1) is 6.92 Å². The van der Waals surface area contributed by atoms with Crippen molar-refractivity contribution in [3.8, 4) is 0 Å². The second-order valence-corrected chi connectivity index (χ2v) is 6.96. The molecule has 108 valence electrons. The van der Waals surface area contributed by atoms with Crippen LogP contribution in [-0.4, -0.2) is 38.6 Å². The van der Waals surface area contributed by atoms with Gasteiger partial charge < -0.3 is 5.32 Å². The van der Waals surface area contributed by atoms with E-state index >= 15 is 0 Å². The number of hydrogen-bond acceptors (Lipinski definition) is 3. The zero-order valence-electron chi connectivity index (χ0n) is 12.0. The molecular formula is C14H24N2O2S. The van der Waals surface area contributed by atoms with E-state index in [-0.39, 0.29) is 5.75 Å². The highest BCUT2D eigenvalue weighted by Crippen LogP contribution is 2.09. The third-order valence-electron chi connectivity index (χ3n) is 3.01. The Kier molecular flexibility index (Phi) is 6.48. The quantitative estimate of drug-likeness (QED) is 0.740. The van der Waals surface area contributed by atoms with E-state index in [1.165, 1.54) is 9.87 Å². The summed E-state index contributed by atoms with van der Waals surface area (Å²) >= 11 is 0. The fourth-order valence-corrected chi connectivity index (χ4v) is 2.93. The Morgan fingerprint density at radius 3 is 2.42 bits per heavy atom. The Hall–Kier alpha value is -0.910. The fourth-order valence-electron chi connectivity index (χ4n) is 1.76. The number of hydrogen-bond donors (Lipinski definition) is 1. The normalized spacial score (nSPS) is 12.0. The first kappa shape index (κ1) is 16.1. The minimum absolute atomic E-state index is 0.197. The van der Waals surface area contributed by atoms with Gasteiger partial charge in [-0.15, -0.1) is 0 Å². The van der Waals surface area contributed by atoms with Crippen molar-refractivity contribution in [1.29, 1.82) is 0 Å². The third kappa shape index (κ3) is 5.72. The number of rotatable bonds is 8. The predicted octanol–water partition coefficient (Wildman–Crippen LogP) is 1.76. The molecule has 0 heterocycles. The molecule has 0 saturated carbocycles. The molecule has 0 radical (unpaired) electrons. The highest BCUT2D eigenvalue weighted by Gasteiger charge is 2.17. The van der Waals surface area contributed by atoms with Gasteiger partial charge in [0.05, 0.1) is 5.75 Å². The summed E-state index contributed by atoms with van der Waals surface area (Å²) in [6.07, 6.45) is 0.647. The van der Waals surface area contributed by atoms with Crippen molar-refractivity contribution in [3.05, 3.63) is 35.4 Å². The SMILES string of the molecule is CCNCCCS(=O)(=O)N(C)Cc1ccc(C)cc1. The van der Waals surface area contributed by atoms with Gasteiger partial charge in [0.2, 0.25) is 10.0 Å². The molecule has 0 fully saturated rings. The highest BCUT2D eigenvalue weighted by molar-refractivity contribution is 7.89. The highest BCUT2D eigenvalue weighted by atomic mass is 32.2. The van der Waals surface area contributed by atoms with Crippen molar-refractivity contribution < 1.29 is 8.42 Å². The summed E-state index contributed by atoms with van der Waals surface area (Å²) in [6, 6.07) is 7.95. The van der Waals surface area contributed by atoms with Gasteiger partial charge in [0, 0.05) is 13.6 Å². The molecule has 0 saturated heterocycles. The summed E-state index contributed by atoms with van der Waals surface area (Å²) in [5, 5.41) is 3.13. The van der Waals surface area contributed by atoms with Crippen LogP contribution in [0.4, 0.5) is 0 Å². The third-order valence-corrected chi connectivity index (χ3v) is 4.89. The largest absolute Gasteiger partial charge is 0.317 e. The first-order chi connectivity index (χ1) is 8.95. The molecule has 4 nitrogen and oxygen atoms in total. The van der Waals surface area contributed by atoms with E-state index in [1.807, 2.05) is 38.1 Å². The van der Waals surface area contributed by atoms with Crippen molar-refractivity contribution in [2.75, 3.05) is 25.9 Å². The van der Waals surface area contributed by atoms with Crippen LogP contribution in [0.2, 0.25) is 0 Å². The van der Waals surface area contributed by atoms with Gasteiger partial charge in [-0.2, -0.15) is 0 Å². The van der Waals surface area contributed by atoms with Crippen LogP contribution in [0.25, 0.3) is 0 Å². The smallest absolute Gasteiger partial charge is 0.214 e. The summed E-state index contributed by atoms with van der Waals surface area (Å²) in [5.74, 6) is 0.197. The summed E-state index contributed by atoms with van der Waals surface area (Å²) in [5.41, 5.74) is 2.20. The summed E-state index contributed by atoms with van der Waals surface area (Å²) in [4.78, 5) is 0. The standard InChI is InChI=1S/C14H24N2O2S/c1-4-15-10-5-11-19(17,18)16(3)12-14-8-6-13(2)7-9-14/h6-9,15H,4-5,10-12H2,1-3H3. The molecule has 19 heavy (non-hydrogen) atoms. The Balaban J connectivity index is 2.51. The molecule has 0 unspecified atom stereocenters. The summed E-state index contributed by atoms with van der Waals surface area (Å²) < 4.78 is 25.6. The molecule has 1 rings (SSSR count). The van der Waals surface area contributed by atoms with Crippen molar-refractivity contribution >= 4 is 10.0 Å². The van der Waals surface area contributed by atoms with E-state index in [0.717, 1.165) is 18.7 Å². The van der Waals surface area contributed by atoms with Gasteiger partial charge in [0.15, 0.2) is 0 Å². The topological polar surface area (TPSA) is 49.4 Å². The van der Waals surface area contributed by atoms with Crippen molar-refractivity contribution in [1.82, 2.24) is 9.62 Å². The van der Waals surface area contributed by atoms with E-state index < -0.39 is 10.0 Å². The van der Waals surface area contributed by atoms with Gasteiger partial charge in [-0.1, -0.05) is 36.8 Å². The molecule has 1 N–H and O–H groups in total. The average Bonchev–Trinajstić information content (AvgIpc) is 2.37. The number of benzene rings is 1. The molecule has 0 atom stereocenters. The fraction of sp³-hybridized carbons (Fsp3) is 0.571. The number of nitrogens with one attached hydrogen (secondary N) is 1. The molecule has 1 aromatic rings. The number of aryl methyl sites for hydroxylation is 1. The van der Waals surface area contributed by atoms with E-state index in [1.54, 1.807) is 7.05 Å². The summed E-state index contributed by atoms with van der Waals surface area (Å²) in [6.45, 7) is 6.08. The van der Waals surface area contributed by atoms with Crippen molar-refractivity contribution in [3.63, 3.8) is 0 Å². The van der Waals surface area contributed by atoms with Gasteiger partial charge in [-0.3, -0.25) is 0 Å². The van der Waals surface area contributed by atoms with E-state index in [2.05, 4.69) is 5.32 Å². The molecular weight excluding hydrogens is 260 g/mol. The van der Waals surface area contributed by atoms with Crippen LogP contribution in [0.3, 0.4) is 0 Å². The molecule has 0 aromatic heterocycles. The molecule has 0 aliphatic heterocycles. The predicted molar refractivity (Wildman–Crippen MR) is 79.6 cm³/mol. The van der Waals surface area contributed by atoms with Crippen LogP contribution in [-0.2, 0) is 16.6 Å². The van der Waals surface area contributed by atoms with Crippen LogP contribution < -0.4 is 5.32 Å². The Morgan fingerprint density at radius 2 is 1.84 bits per heavy atom. The van der Waals surface area contributed by atoms with Crippen LogP contribution in [0.5, 0.6) is 0 Å².